The molecule has 2 aromatic rings. The zero-order valence-corrected chi connectivity index (χ0v) is 17.6. The van der Waals surface area contributed by atoms with Crippen molar-refractivity contribution in [1.82, 2.24) is 4.90 Å². The molecule has 0 atom stereocenters. The van der Waals surface area contributed by atoms with Crippen molar-refractivity contribution in [2.24, 2.45) is 0 Å². The number of carbonyl (C=O) groups is 1. The number of anilines is 2. The predicted octanol–water partition coefficient (Wildman–Crippen LogP) is 3.79. The molecule has 1 aliphatic heterocycles. The van der Waals surface area contributed by atoms with E-state index in [1.54, 1.807) is 17.0 Å². The van der Waals surface area contributed by atoms with E-state index < -0.39 is 10.0 Å². The third-order valence-corrected chi connectivity index (χ3v) is 6.20. The molecule has 8 nitrogen and oxygen atoms in total. The number of halogens is 1. The highest BCUT2D eigenvalue weighted by molar-refractivity contribution is 7.92. The van der Waals surface area contributed by atoms with Gasteiger partial charge in [0.2, 0.25) is 0 Å². The second-order valence-corrected chi connectivity index (χ2v) is 8.53. The summed E-state index contributed by atoms with van der Waals surface area (Å²) in [6.07, 6.45) is 1.99. The van der Waals surface area contributed by atoms with E-state index in [-0.39, 0.29) is 22.4 Å². The molecule has 156 valence electrons. The second kappa shape index (κ2) is 8.79. The van der Waals surface area contributed by atoms with Crippen LogP contribution < -0.4 is 19.5 Å². The van der Waals surface area contributed by atoms with Gasteiger partial charge < -0.3 is 19.7 Å². The lowest BCUT2D eigenvalue weighted by Gasteiger charge is -2.16. The van der Waals surface area contributed by atoms with Crippen LogP contribution in [0.1, 0.15) is 12.8 Å². The largest absolute Gasteiger partial charge is 0.495 e. The molecule has 0 radical (unpaired) electrons. The molecule has 3 rings (SSSR count). The molecule has 29 heavy (non-hydrogen) atoms. The SMILES string of the molecule is COc1cc(NS(=O)(=O)c2ccc(NC(=O)N3CCCC3)cc2)c(OC)cc1Cl. The number of benzene rings is 2. The average Bonchev–Trinajstić information content (AvgIpc) is 3.24. The lowest BCUT2D eigenvalue weighted by molar-refractivity contribution is 0.222. The normalized spacial score (nSPS) is 13.8. The zero-order chi connectivity index (χ0) is 21.0. The van der Waals surface area contributed by atoms with Gasteiger partial charge >= 0.3 is 6.03 Å². The Labute approximate surface area is 174 Å². The molecule has 1 fully saturated rings. The van der Waals surface area contributed by atoms with Gasteiger partial charge in [0.1, 0.15) is 11.5 Å². The fourth-order valence-corrected chi connectivity index (χ4v) is 4.28. The molecule has 10 heteroatoms. The summed E-state index contributed by atoms with van der Waals surface area (Å²) in [6, 6.07) is 8.65. The van der Waals surface area contributed by atoms with E-state index in [9.17, 15) is 13.2 Å². The maximum absolute atomic E-state index is 12.8. The van der Waals surface area contributed by atoms with Gasteiger partial charge in [0.25, 0.3) is 10.0 Å². The van der Waals surface area contributed by atoms with Crippen LogP contribution in [0.5, 0.6) is 11.5 Å². The van der Waals surface area contributed by atoms with Crippen molar-refractivity contribution in [2.75, 3.05) is 37.3 Å². The maximum Gasteiger partial charge on any atom is 0.321 e. The predicted molar refractivity (Wildman–Crippen MR) is 112 cm³/mol. The first kappa shape index (κ1) is 21.1. The lowest BCUT2D eigenvalue weighted by Crippen LogP contribution is -2.32. The van der Waals surface area contributed by atoms with E-state index in [4.69, 9.17) is 21.1 Å². The maximum atomic E-state index is 12.8. The van der Waals surface area contributed by atoms with Crippen LogP contribution in [0.3, 0.4) is 0 Å². The fraction of sp³-hybridized carbons (Fsp3) is 0.316. The van der Waals surface area contributed by atoms with Gasteiger partial charge in [0.05, 0.1) is 29.8 Å². The van der Waals surface area contributed by atoms with Crippen LogP contribution in [-0.2, 0) is 10.0 Å². The lowest BCUT2D eigenvalue weighted by atomic mass is 10.3. The van der Waals surface area contributed by atoms with Crippen molar-refractivity contribution in [3.8, 4) is 11.5 Å². The van der Waals surface area contributed by atoms with E-state index in [1.165, 1.54) is 38.5 Å². The highest BCUT2D eigenvalue weighted by Crippen LogP contribution is 2.37. The second-order valence-electron chi connectivity index (χ2n) is 6.44. The van der Waals surface area contributed by atoms with Gasteiger partial charge in [-0.1, -0.05) is 11.6 Å². The van der Waals surface area contributed by atoms with Crippen molar-refractivity contribution < 1.29 is 22.7 Å². The molecule has 2 amide bonds. The van der Waals surface area contributed by atoms with Gasteiger partial charge in [0, 0.05) is 30.9 Å². The van der Waals surface area contributed by atoms with Crippen LogP contribution in [0, 0.1) is 0 Å². The van der Waals surface area contributed by atoms with E-state index in [0.29, 0.717) is 16.5 Å². The Kier molecular flexibility index (Phi) is 6.39. The quantitative estimate of drug-likeness (QED) is 0.713. The first-order valence-electron chi connectivity index (χ1n) is 8.94. The van der Waals surface area contributed by atoms with Crippen LogP contribution >= 0.6 is 11.6 Å². The summed E-state index contributed by atoms with van der Waals surface area (Å²) in [5.41, 5.74) is 0.715. The summed E-state index contributed by atoms with van der Waals surface area (Å²) < 4.78 is 38.3. The van der Waals surface area contributed by atoms with Gasteiger partial charge in [-0.25, -0.2) is 13.2 Å². The molecular formula is C19H22ClN3O5S. The number of nitrogens with zero attached hydrogens (tertiary/aromatic N) is 1. The average molecular weight is 440 g/mol. The molecule has 0 saturated carbocycles. The Balaban J connectivity index is 1.77. The Morgan fingerprint density at radius 2 is 1.66 bits per heavy atom. The van der Waals surface area contributed by atoms with Crippen molar-refractivity contribution in [3.63, 3.8) is 0 Å². The third-order valence-electron chi connectivity index (χ3n) is 4.53. The van der Waals surface area contributed by atoms with Crippen molar-refractivity contribution in [2.45, 2.75) is 17.7 Å². The molecule has 2 N–H and O–H groups in total. The van der Waals surface area contributed by atoms with Gasteiger partial charge in [-0.15, -0.1) is 0 Å². The first-order chi connectivity index (χ1) is 13.8. The number of nitrogens with one attached hydrogen (secondary N) is 2. The summed E-state index contributed by atoms with van der Waals surface area (Å²) >= 11 is 6.05. The molecule has 0 aromatic heterocycles. The molecule has 0 unspecified atom stereocenters. The number of urea groups is 1. The van der Waals surface area contributed by atoms with Crippen LogP contribution in [0.4, 0.5) is 16.2 Å². The Bertz CT molecular complexity index is 990. The molecular weight excluding hydrogens is 418 g/mol. The smallest absolute Gasteiger partial charge is 0.321 e. The molecule has 1 aliphatic rings. The summed E-state index contributed by atoms with van der Waals surface area (Å²) in [7, 11) is -1.05. The third kappa shape index (κ3) is 4.86. The van der Waals surface area contributed by atoms with Gasteiger partial charge in [0.15, 0.2) is 0 Å². The molecule has 0 bridgehead atoms. The van der Waals surface area contributed by atoms with Gasteiger partial charge in [-0.2, -0.15) is 0 Å². The topological polar surface area (TPSA) is 97.0 Å². The standard InChI is InChI=1S/C19H22ClN3O5S/c1-27-17-12-16(18(28-2)11-15(17)20)22-29(25,26)14-7-5-13(6-8-14)21-19(24)23-9-3-4-10-23/h5-8,11-12,22H,3-4,9-10H2,1-2H3,(H,21,24). The van der Waals surface area contributed by atoms with Crippen LogP contribution in [0.25, 0.3) is 0 Å². The Morgan fingerprint density at radius 3 is 2.24 bits per heavy atom. The van der Waals surface area contributed by atoms with Crippen LogP contribution in [0.2, 0.25) is 5.02 Å². The Morgan fingerprint density at radius 1 is 1.03 bits per heavy atom. The number of sulfonamides is 1. The van der Waals surface area contributed by atoms with E-state index in [0.717, 1.165) is 25.9 Å². The van der Waals surface area contributed by atoms with E-state index >= 15 is 0 Å². The van der Waals surface area contributed by atoms with Gasteiger partial charge in [-0.3, -0.25) is 4.72 Å². The first-order valence-corrected chi connectivity index (χ1v) is 10.8. The molecule has 2 aromatic carbocycles. The molecule has 1 heterocycles. The minimum atomic E-state index is -3.90. The number of rotatable bonds is 6. The number of amides is 2. The highest BCUT2D eigenvalue weighted by atomic mass is 35.5. The number of likely N-dealkylation sites (tertiary alicyclic amines) is 1. The minimum absolute atomic E-state index is 0.0349. The molecule has 0 spiro atoms. The summed E-state index contributed by atoms with van der Waals surface area (Å²) in [6.45, 7) is 1.46. The summed E-state index contributed by atoms with van der Waals surface area (Å²) in [5, 5.41) is 3.07. The van der Waals surface area contributed by atoms with Crippen molar-refractivity contribution in [1.29, 1.82) is 0 Å². The van der Waals surface area contributed by atoms with Crippen molar-refractivity contribution in [3.05, 3.63) is 41.4 Å². The van der Waals surface area contributed by atoms with E-state index in [1.807, 2.05) is 0 Å². The number of carbonyl (C=O) groups excluding carboxylic acids is 1. The van der Waals surface area contributed by atoms with Crippen LogP contribution in [0.15, 0.2) is 41.3 Å². The summed E-state index contributed by atoms with van der Waals surface area (Å²) in [5.74, 6) is 0.569. The van der Waals surface area contributed by atoms with E-state index in [2.05, 4.69) is 10.0 Å². The number of methoxy groups -OCH3 is 2. The monoisotopic (exact) mass is 439 g/mol. The molecule has 0 aliphatic carbocycles. The van der Waals surface area contributed by atoms with Gasteiger partial charge in [-0.05, 0) is 37.1 Å². The number of hydrogen-bond acceptors (Lipinski definition) is 5. The number of hydrogen-bond donors (Lipinski definition) is 2. The zero-order valence-electron chi connectivity index (χ0n) is 16.1. The Hall–Kier alpha value is -2.65. The number of ether oxygens (including phenoxy) is 2. The summed E-state index contributed by atoms with van der Waals surface area (Å²) in [4.78, 5) is 13.9. The molecule has 1 saturated heterocycles. The van der Waals surface area contributed by atoms with Crippen LogP contribution in [-0.4, -0.2) is 46.7 Å². The van der Waals surface area contributed by atoms with Crippen molar-refractivity contribution >= 4 is 39.0 Å². The fourth-order valence-electron chi connectivity index (χ4n) is 2.98. The minimum Gasteiger partial charge on any atom is -0.495 e. The highest BCUT2D eigenvalue weighted by Gasteiger charge is 2.20.